The molecule has 1 atom stereocenters. The zero-order valence-electron chi connectivity index (χ0n) is 27.1. The minimum Gasteiger partial charge on any atom is -0.457 e. The number of allylic oxidation sites excluding steroid dienone is 1. The second kappa shape index (κ2) is 11.3. The summed E-state index contributed by atoms with van der Waals surface area (Å²) in [7, 11) is 0. The smallest absolute Gasteiger partial charge is 0.145 e. The average Bonchev–Trinajstić information content (AvgIpc) is 3.48. The van der Waals surface area contributed by atoms with Crippen LogP contribution in [-0.4, -0.2) is 10.7 Å². The van der Waals surface area contributed by atoms with Crippen molar-refractivity contribution in [3.8, 4) is 33.9 Å². The van der Waals surface area contributed by atoms with Crippen LogP contribution in [0.2, 0.25) is 0 Å². The largest absolute Gasteiger partial charge is 0.457 e. The van der Waals surface area contributed by atoms with Gasteiger partial charge in [0.1, 0.15) is 17.7 Å². The Bertz CT molecular complexity index is 2450. The molecule has 0 saturated heterocycles. The first-order valence-electron chi connectivity index (χ1n) is 17.0. The van der Waals surface area contributed by atoms with Crippen molar-refractivity contribution in [1.29, 1.82) is 0 Å². The molecule has 50 heavy (non-hydrogen) atoms. The topological polar surface area (TPSA) is 46.5 Å². The number of hydrogen-bond acceptors (Lipinski definition) is 4. The maximum Gasteiger partial charge on any atom is 0.145 e. The van der Waals surface area contributed by atoms with Crippen LogP contribution in [0.1, 0.15) is 45.1 Å². The molecule has 10 rings (SSSR count). The van der Waals surface area contributed by atoms with Gasteiger partial charge in [-0.15, -0.1) is 0 Å². The Morgan fingerprint density at radius 2 is 1.16 bits per heavy atom. The molecule has 1 unspecified atom stereocenters. The van der Waals surface area contributed by atoms with Gasteiger partial charge in [0.15, 0.2) is 0 Å². The van der Waals surface area contributed by atoms with Crippen molar-refractivity contribution in [2.45, 2.75) is 11.6 Å². The molecule has 1 aliphatic carbocycles. The highest BCUT2D eigenvalue weighted by Crippen LogP contribution is 2.61. The van der Waals surface area contributed by atoms with Crippen LogP contribution in [-0.2, 0) is 5.41 Å². The number of rotatable bonds is 4. The van der Waals surface area contributed by atoms with E-state index in [1.54, 1.807) is 0 Å². The second-order valence-corrected chi connectivity index (χ2v) is 13.0. The minimum atomic E-state index is -0.562. The third-order valence-electron chi connectivity index (χ3n) is 10.2. The second-order valence-electron chi connectivity index (χ2n) is 13.0. The molecular weight excluding hydrogens is 611 g/mol. The molecule has 0 saturated carbocycles. The van der Waals surface area contributed by atoms with Gasteiger partial charge in [-0.1, -0.05) is 133 Å². The lowest BCUT2D eigenvalue weighted by atomic mass is 9.66. The predicted octanol–water partition coefficient (Wildman–Crippen LogP) is 10.3. The fourth-order valence-electron chi connectivity index (χ4n) is 8.01. The van der Waals surface area contributed by atoms with Gasteiger partial charge in [0.2, 0.25) is 0 Å². The van der Waals surface area contributed by atoms with Crippen LogP contribution in [0.3, 0.4) is 0 Å². The monoisotopic (exact) mass is 641 g/mol. The Labute approximate surface area is 291 Å². The van der Waals surface area contributed by atoms with Crippen LogP contribution in [0.25, 0.3) is 28.1 Å². The lowest BCUT2D eigenvalue weighted by molar-refractivity contribution is 0.436. The molecule has 1 N–H and O–H groups in total. The predicted molar refractivity (Wildman–Crippen MR) is 200 cm³/mol. The van der Waals surface area contributed by atoms with E-state index < -0.39 is 5.41 Å². The van der Waals surface area contributed by atoms with Crippen LogP contribution < -0.4 is 10.1 Å². The number of ether oxygens (including phenoxy) is 1. The summed E-state index contributed by atoms with van der Waals surface area (Å²) < 4.78 is 6.53. The first-order chi connectivity index (χ1) is 24.8. The molecule has 0 amide bonds. The van der Waals surface area contributed by atoms with Crippen LogP contribution in [0.15, 0.2) is 181 Å². The average molecular weight is 642 g/mol. The molecule has 7 aromatic rings. The van der Waals surface area contributed by atoms with Crippen molar-refractivity contribution < 1.29 is 4.74 Å². The molecule has 1 spiro atoms. The summed E-state index contributed by atoms with van der Waals surface area (Å²) in [6.07, 6.45) is 3.80. The van der Waals surface area contributed by atoms with E-state index >= 15 is 0 Å². The number of benzene rings is 6. The first-order valence-corrected chi connectivity index (χ1v) is 17.0. The number of nitrogens with zero attached hydrogens (tertiary/aromatic N) is 2. The molecule has 1 aromatic heterocycles. The summed E-state index contributed by atoms with van der Waals surface area (Å²) in [5.74, 6) is 1.75. The van der Waals surface area contributed by atoms with Crippen LogP contribution in [0, 0.1) is 0 Å². The van der Waals surface area contributed by atoms with E-state index in [2.05, 4.69) is 151 Å². The lowest BCUT2D eigenvalue weighted by Crippen LogP contribution is -2.32. The van der Waals surface area contributed by atoms with Crippen molar-refractivity contribution in [2.75, 3.05) is 0 Å². The molecule has 6 aromatic carbocycles. The maximum absolute atomic E-state index is 6.53. The van der Waals surface area contributed by atoms with E-state index in [4.69, 9.17) is 14.7 Å². The number of para-hydroxylation sites is 2. The highest BCUT2D eigenvalue weighted by molar-refractivity contribution is 6.13. The highest BCUT2D eigenvalue weighted by Gasteiger charge is 2.51. The fourth-order valence-corrected chi connectivity index (χ4v) is 8.01. The number of pyridine rings is 1. The zero-order chi connectivity index (χ0) is 33.1. The van der Waals surface area contributed by atoms with Gasteiger partial charge in [0.05, 0.1) is 16.8 Å². The summed E-state index contributed by atoms with van der Waals surface area (Å²) >= 11 is 0. The summed E-state index contributed by atoms with van der Waals surface area (Å²) in [4.78, 5) is 10.2. The minimum absolute atomic E-state index is 0.256. The van der Waals surface area contributed by atoms with E-state index in [-0.39, 0.29) is 6.17 Å². The number of hydrogen-bond donors (Lipinski definition) is 1. The van der Waals surface area contributed by atoms with Gasteiger partial charge < -0.3 is 10.1 Å². The molecule has 0 radical (unpaired) electrons. The number of fused-ring (bicyclic) bond motifs is 9. The van der Waals surface area contributed by atoms with E-state index in [0.717, 1.165) is 73.1 Å². The van der Waals surface area contributed by atoms with Crippen LogP contribution in [0.4, 0.5) is 0 Å². The summed E-state index contributed by atoms with van der Waals surface area (Å²) in [5.41, 5.74) is 13.9. The molecular formula is C46H31N3O. The van der Waals surface area contributed by atoms with Gasteiger partial charge >= 0.3 is 0 Å². The van der Waals surface area contributed by atoms with Gasteiger partial charge in [-0.3, -0.25) is 9.98 Å². The first kappa shape index (κ1) is 28.5. The number of nitrogens with one attached hydrogen (secondary N) is 1. The molecule has 2 aliphatic heterocycles. The Kier molecular flexibility index (Phi) is 6.43. The Morgan fingerprint density at radius 3 is 1.92 bits per heavy atom. The van der Waals surface area contributed by atoms with Crippen molar-refractivity contribution in [3.63, 3.8) is 0 Å². The number of aliphatic imine (C=N–C) groups is 1. The molecule has 0 fully saturated rings. The SMILES string of the molecule is C1=C(c2ccccc2)NC(c2cccc(-c3ccc4c(c3)C3(c5ccccc5Oc5ccccc53)c3cccnc3-4)c2)N=C1c1ccccc1. The Hall–Kier alpha value is -6.52. The molecule has 3 aliphatic rings. The quantitative estimate of drug-likeness (QED) is 0.208. The van der Waals surface area contributed by atoms with Gasteiger partial charge in [0.25, 0.3) is 0 Å². The molecule has 4 nitrogen and oxygen atoms in total. The molecule has 236 valence electrons. The highest BCUT2D eigenvalue weighted by atomic mass is 16.5. The van der Waals surface area contributed by atoms with Crippen molar-refractivity contribution in [1.82, 2.24) is 10.3 Å². The van der Waals surface area contributed by atoms with E-state index in [1.165, 1.54) is 11.1 Å². The standard InChI is InChI=1S/C46H31N3O/c1-3-13-30(14-4-1)40-29-41(31-15-5-2-6-16-31)49-45(48-40)34-18-11-17-32(27-34)33-24-25-35-39(28-33)46(38-21-12-26-47-44(35)38)36-19-7-9-22-42(36)50-43-23-10-8-20-37(43)46/h1-29,45,48H. The number of aromatic nitrogens is 1. The van der Waals surface area contributed by atoms with Crippen LogP contribution >= 0.6 is 0 Å². The maximum atomic E-state index is 6.53. The summed E-state index contributed by atoms with van der Waals surface area (Å²) in [6.45, 7) is 0. The fraction of sp³-hybridized carbons (Fsp3) is 0.0435. The molecule has 3 heterocycles. The van der Waals surface area contributed by atoms with Crippen molar-refractivity contribution in [3.05, 3.63) is 215 Å². The normalized spacial score (nSPS) is 16.1. The van der Waals surface area contributed by atoms with E-state index in [0.29, 0.717) is 0 Å². The van der Waals surface area contributed by atoms with Crippen LogP contribution in [0.5, 0.6) is 11.5 Å². The summed E-state index contributed by atoms with van der Waals surface area (Å²) in [6, 6.07) is 57.7. The Balaban J connectivity index is 1.12. The Morgan fingerprint density at radius 1 is 0.520 bits per heavy atom. The summed E-state index contributed by atoms with van der Waals surface area (Å²) in [5, 5.41) is 3.74. The third-order valence-corrected chi connectivity index (χ3v) is 10.2. The van der Waals surface area contributed by atoms with Gasteiger partial charge in [0, 0.05) is 28.6 Å². The molecule has 0 bridgehead atoms. The third kappa shape index (κ3) is 4.32. The van der Waals surface area contributed by atoms with Crippen molar-refractivity contribution >= 4 is 11.4 Å². The van der Waals surface area contributed by atoms with Gasteiger partial charge in [-0.2, -0.15) is 0 Å². The van der Waals surface area contributed by atoms with E-state index in [1.807, 2.05) is 30.5 Å². The van der Waals surface area contributed by atoms with Crippen molar-refractivity contribution in [2.24, 2.45) is 4.99 Å². The van der Waals surface area contributed by atoms with Gasteiger partial charge in [-0.25, -0.2) is 0 Å². The van der Waals surface area contributed by atoms with E-state index in [9.17, 15) is 0 Å². The molecule has 4 heteroatoms. The lowest BCUT2D eigenvalue weighted by Gasteiger charge is -2.39. The van der Waals surface area contributed by atoms with Gasteiger partial charge in [-0.05, 0) is 75.4 Å². The zero-order valence-corrected chi connectivity index (χ0v) is 27.1.